The smallest absolute Gasteiger partial charge is 0.224 e. The second-order valence-corrected chi connectivity index (χ2v) is 4.68. The normalized spacial score (nSPS) is 25.6. The first-order valence-electron chi connectivity index (χ1n) is 6.37. The Kier molecular flexibility index (Phi) is 3.59. The van der Waals surface area contributed by atoms with Gasteiger partial charge in [-0.25, -0.2) is 10.5 Å². The fraction of sp³-hybridized carbons (Fsp3) is 0.545. The third-order valence-electron chi connectivity index (χ3n) is 3.33. The summed E-state index contributed by atoms with van der Waals surface area (Å²) in [4.78, 5) is 17.2. The summed E-state index contributed by atoms with van der Waals surface area (Å²) in [6.07, 6.45) is 0.00738. The highest BCUT2D eigenvalue weighted by Gasteiger charge is 2.35. The molecule has 21 heavy (non-hydrogen) atoms. The highest BCUT2D eigenvalue weighted by atomic mass is 16.6. The summed E-state index contributed by atoms with van der Waals surface area (Å²) in [7, 11) is 1.45. The molecular weight excluding hydrogens is 284 g/mol. The first kappa shape index (κ1) is 13.9. The summed E-state index contributed by atoms with van der Waals surface area (Å²) in [5.74, 6) is 0.400. The first-order chi connectivity index (χ1) is 10.1. The van der Waals surface area contributed by atoms with Gasteiger partial charge in [-0.2, -0.15) is 9.97 Å². The fourth-order valence-electron chi connectivity index (χ4n) is 2.36. The zero-order valence-electron chi connectivity index (χ0n) is 11.3. The maximum Gasteiger partial charge on any atom is 0.224 e. The van der Waals surface area contributed by atoms with Crippen LogP contribution in [0.3, 0.4) is 0 Å². The van der Waals surface area contributed by atoms with Crippen molar-refractivity contribution in [1.29, 1.82) is 0 Å². The third kappa shape index (κ3) is 2.38. The number of nitrogens with two attached hydrogens (primary N) is 1. The van der Waals surface area contributed by atoms with Gasteiger partial charge in [0.05, 0.1) is 26.1 Å². The molecule has 0 unspecified atom stereocenters. The highest BCUT2D eigenvalue weighted by Crippen LogP contribution is 2.31. The van der Waals surface area contributed by atoms with E-state index in [0.29, 0.717) is 23.4 Å². The molecule has 0 aromatic carbocycles. The number of aromatic nitrogens is 4. The molecule has 3 rings (SSSR count). The molecule has 2 aromatic rings. The number of aliphatic hydroxyl groups is 2. The molecule has 0 bridgehead atoms. The van der Waals surface area contributed by atoms with E-state index in [2.05, 4.69) is 20.4 Å². The van der Waals surface area contributed by atoms with Gasteiger partial charge in [0, 0.05) is 6.42 Å². The second-order valence-electron chi connectivity index (χ2n) is 4.68. The summed E-state index contributed by atoms with van der Waals surface area (Å²) in [5, 5.41) is 19.0. The lowest BCUT2D eigenvalue weighted by atomic mass is 10.2. The molecule has 114 valence electrons. The van der Waals surface area contributed by atoms with Gasteiger partial charge in [-0.05, 0) is 0 Å². The van der Waals surface area contributed by atoms with Crippen LogP contribution in [0.15, 0.2) is 6.33 Å². The molecule has 0 saturated carbocycles. The fourth-order valence-corrected chi connectivity index (χ4v) is 2.36. The zero-order chi connectivity index (χ0) is 15.0. The molecule has 3 heterocycles. The molecule has 0 radical (unpaired) electrons. The predicted molar refractivity (Wildman–Crippen MR) is 72.0 cm³/mol. The summed E-state index contributed by atoms with van der Waals surface area (Å²) in [5.41, 5.74) is 9.19. The lowest BCUT2D eigenvalue weighted by Crippen LogP contribution is -2.24. The zero-order valence-corrected chi connectivity index (χ0v) is 11.3. The van der Waals surface area contributed by atoms with Crippen LogP contribution in [-0.2, 0) is 9.57 Å². The van der Waals surface area contributed by atoms with Crippen LogP contribution in [0.25, 0.3) is 11.2 Å². The summed E-state index contributed by atoms with van der Waals surface area (Å²) >= 11 is 0. The van der Waals surface area contributed by atoms with Gasteiger partial charge in [-0.1, -0.05) is 0 Å². The monoisotopic (exact) mass is 300 g/mol. The van der Waals surface area contributed by atoms with Crippen LogP contribution < -0.4 is 11.2 Å². The Bertz CT molecular complexity index is 647. The lowest BCUT2D eigenvalue weighted by Gasteiger charge is -2.13. The van der Waals surface area contributed by atoms with Gasteiger partial charge in [-0.3, -0.25) is 9.40 Å². The van der Waals surface area contributed by atoms with E-state index < -0.39 is 18.4 Å². The topological polar surface area (TPSA) is 141 Å². The maximum atomic E-state index is 9.82. The standard InChI is InChI=1S/C11H16N6O4/c1-20-16-9-8-10(15-11(12)14-9)17(4-13-8)7-2-5(19)6(3-18)21-7/h4-7,18-19H,2-3H2,1H3,(H3,12,14,15,16)/t5-,6+,7+/m0/s1/i4+1,12+1,13+1,14+1. The van der Waals surface area contributed by atoms with E-state index in [1.807, 2.05) is 0 Å². The van der Waals surface area contributed by atoms with Crippen LogP contribution in [0.4, 0.5) is 11.8 Å². The molecule has 1 fully saturated rings. The van der Waals surface area contributed by atoms with Crippen molar-refractivity contribution in [3.63, 3.8) is 0 Å². The molecular formula is C11H16N6O4. The Morgan fingerprint density at radius 1 is 1.57 bits per heavy atom. The van der Waals surface area contributed by atoms with Crippen molar-refractivity contribution in [3.8, 4) is 0 Å². The van der Waals surface area contributed by atoms with Crippen molar-refractivity contribution in [2.24, 2.45) is 0 Å². The Morgan fingerprint density at radius 2 is 2.38 bits per heavy atom. The van der Waals surface area contributed by atoms with Crippen LogP contribution in [0.1, 0.15) is 12.6 Å². The number of nitrogen functional groups attached to an aromatic ring is 1. The molecule has 0 aliphatic carbocycles. The van der Waals surface area contributed by atoms with Crippen molar-refractivity contribution in [2.45, 2.75) is 24.9 Å². The molecule has 3 atom stereocenters. The molecule has 10 heteroatoms. The van der Waals surface area contributed by atoms with Crippen LogP contribution in [0.5, 0.6) is 0 Å². The summed E-state index contributed by atoms with van der Waals surface area (Å²) in [6, 6.07) is 0. The van der Waals surface area contributed by atoms with Gasteiger partial charge in [0.15, 0.2) is 17.0 Å². The number of ether oxygens (including phenoxy) is 1. The minimum atomic E-state index is -0.742. The molecule has 5 N–H and O–H groups in total. The number of aliphatic hydroxyl groups excluding tert-OH is 2. The number of hydrogen-bond donors (Lipinski definition) is 4. The van der Waals surface area contributed by atoms with Crippen LogP contribution in [-0.4, -0.2) is 55.7 Å². The molecule has 1 saturated heterocycles. The number of fused-ring (bicyclic) bond motifs is 1. The SMILES string of the molecule is CONc1[15n]c([15NH2])nc2c1[15n][13cH]n2[C@H]1C[C@H](O)[C@@H](CO)O1. The minimum Gasteiger partial charge on any atom is -0.394 e. The average Bonchev–Trinajstić information content (AvgIpc) is 3.02. The molecule has 2 aromatic heterocycles. The average molecular weight is 300 g/mol. The van der Waals surface area contributed by atoms with Crippen molar-refractivity contribution in [2.75, 3.05) is 24.9 Å². The summed E-state index contributed by atoms with van der Waals surface area (Å²) in [6.45, 7) is -0.252. The van der Waals surface area contributed by atoms with E-state index >= 15 is 0 Å². The van der Waals surface area contributed by atoms with E-state index in [9.17, 15) is 5.11 Å². The van der Waals surface area contributed by atoms with Crippen molar-refractivity contribution in [1.82, 2.24) is 19.5 Å². The second kappa shape index (κ2) is 5.41. The number of nitrogens with one attached hydrogen (secondary N) is 1. The van der Waals surface area contributed by atoms with Crippen LogP contribution in [0.2, 0.25) is 0 Å². The van der Waals surface area contributed by atoms with E-state index in [4.69, 9.17) is 20.4 Å². The largest absolute Gasteiger partial charge is 0.394 e. The van der Waals surface area contributed by atoms with Crippen molar-refractivity contribution < 1.29 is 19.8 Å². The van der Waals surface area contributed by atoms with Crippen molar-refractivity contribution >= 4 is 22.9 Å². The van der Waals surface area contributed by atoms with Crippen LogP contribution in [0, 0.1) is 0 Å². The Balaban J connectivity index is 2.01. The predicted octanol–water partition coefficient (Wildman–Crippen LogP) is -0.978. The summed E-state index contributed by atoms with van der Waals surface area (Å²) < 4.78 is 7.23. The quantitative estimate of drug-likeness (QED) is 0.414. The number of imidazole rings is 1. The van der Waals surface area contributed by atoms with Gasteiger partial charge in [0.1, 0.15) is 12.3 Å². The molecule has 0 amide bonds. The number of hydrogen-bond acceptors (Lipinski definition) is 9. The highest BCUT2D eigenvalue weighted by molar-refractivity contribution is 5.83. The Morgan fingerprint density at radius 3 is 3.05 bits per heavy atom. The van der Waals surface area contributed by atoms with E-state index in [0.717, 1.165) is 0 Å². The number of nitrogens with zero attached hydrogens (tertiary/aromatic N) is 4. The number of rotatable bonds is 4. The van der Waals surface area contributed by atoms with Crippen molar-refractivity contribution in [3.05, 3.63) is 6.33 Å². The number of anilines is 2. The van der Waals surface area contributed by atoms with E-state index in [1.54, 1.807) is 4.57 Å². The minimum absolute atomic E-state index is 0.0565. The first-order valence-corrected chi connectivity index (χ1v) is 6.37. The van der Waals surface area contributed by atoms with Gasteiger partial charge >= 0.3 is 0 Å². The van der Waals surface area contributed by atoms with Gasteiger partial charge in [0.2, 0.25) is 5.95 Å². The van der Waals surface area contributed by atoms with E-state index in [-0.39, 0.29) is 12.6 Å². The Labute approximate surface area is 119 Å². The maximum absolute atomic E-state index is 9.82. The van der Waals surface area contributed by atoms with Gasteiger partial charge in [-0.15, -0.1) is 0 Å². The molecule has 0 spiro atoms. The van der Waals surface area contributed by atoms with Crippen LogP contribution >= 0.6 is 0 Å². The van der Waals surface area contributed by atoms with E-state index in [1.165, 1.54) is 13.4 Å². The third-order valence-corrected chi connectivity index (χ3v) is 3.33. The van der Waals surface area contributed by atoms with Gasteiger partial charge < -0.3 is 20.7 Å². The molecule has 1 aliphatic heterocycles. The lowest BCUT2D eigenvalue weighted by molar-refractivity contribution is -0.0432. The Hall–Kier alpha value is -2.01. The molecule has 10 nitrogen and oxygen atoms in total. The molecule has 1 aliphatic rings. The van der Waals surface area contributed by atoms with Gasteiger partial charge in [0.25, 0.3) is 0 Å².